The minimum atomic E-state index is 0.530. The van der Waals surface area contributed by atoms with Crippen molar-refractivity contribution >= 4 is 34.9 Å². The Bertz CT molecular complexity index is 279. The van der Waals surface area contributed by atoms with Crippen molar-refractivity contribution < 1.29 is 0 Å². The van der Waals surface area contributed by atoms with Gasteiger partial charge in [-0.2, -0.15) is 11.8 Å². The summed E-state index contributed by atoms with van der Waals surface area (Å²) in [6, 6.07) is 0.530. The van der Waals surface area contributed by atoms with E-state index < -0.39 is 0 Å². The van der Waals surface area contributed by atoms with Crippen LogP contribution in [0.3, 0.4) is 0 Å². The van der Waals surface area contributed by atoms with Crippen LogP contribution in [0.25, 0.3) is 0 Å². The second kappa shape index (κ2) is 5.90. The van der Waals surface area contributed by atoms with Gasteiger partial charge in [0.05, 0.1) is 0 Å². The first-order valence-electron chi connectivity index (χ1n) is 4.31. The molecular weight excluding hydrogens is 238 g/mol. The topological polar surface area (TPSA) is 29.0 Å². The highest BCUT2D eigenvalue weighted by atomic mass is 35.5. The van der Waals surface area contributed by atoms with Gasteiger partial charge in [-0.05, 0) is 20.2 Å². The quantitative estimate of drug-likeness (QED) is 0.804. The molecule has 1 aromatic rings. The predicted octanol–water partition coefficient (Wildman–Crippen LogP) is 2.37. The molecule has 0 N–H and O–H groups in total. The number of aromatic nitrogens is 2. The van der Waals surface area contributed by atoms with E-state index >= 15 is 0 Å². The molecule has 1 aromatic heterocycles. The third-order valence-electron chi connectivity index (χ3n) is 2.07. The zero-order chi connectivity index (χ0) is 10.6. The van der Waals surface area contributed by atoms with E-state index in [1.807, 2.05) is 11.8 Å². The standard InChI is InChI=1S/C8H14ClN3S2/c1-6(5-13-3)12(2)4-7-8(9)14-11-10-7/h6H,4-5H2,1-3H3. The molecule has 0 aromatic carbocycles. The first kappa shape index (κ1) is 12.2. The number of rotatable bonds is 5. The summed E-state index contributed by atoms with van der Waals surface area (Å²) >= 11 is 9.02. The number of hydrogen-bond donors (Lipinski definition) is 0. The fraction of sp³-hybridized carbons (Fsp3) is 0.750. The molecule has 1 heterocycles. The summed E-state index contributed by atoms with van der Waals surface area (Å²) in [5, 5.41) is 3.99. The summed E-state index contributed by atoms with van der Waals surface area (Å²) in [4.78, 5) is 2.24. The minimum absolute atomic E-state index is 0.530. The Hall–Kier alpha value is 0.160. The van der Waals surface area contributed by atoms with Gasteiger partial charge in [-0.15, -0.1) is 5.10 Å². The zero-order valence-corrected chi connectivity index (χ0v) is 10.9. The summed E-state index contributed by atoms with van der Waals surface area (Å²) in [7, 11) is 2.08. The van der Waals surface area contributed by atoms with Crippen LogP contribution in [0.1, 0.15) is 12.6 Å². The molecule has 0 fully saturated rings. The summed E-state index contributed by atoms with van der Waals surface area (Å²) in [6.45, 7) is 2.97. The predicted molar refractivity (Wildman–Crippen MR) is 64.2 cm³/mol. The van der Waals surface area contributed by atoms with Crippen molar-refractivity contribution in [1.29, 1.82) is 0 Å². The van der Waals surface area contributed by atoms with Gasteiger partial charge < -0.3 is 0 Å². The van der Waals surface area contributed by atoms with Crippen LogP contribution in [0.5, 0.6) is 0 Å². The molecule has 14 heavy (non-hydrogen) atoms. The van der Waals surface area contributed by atoms with Crippen molar-refractivity contribution in [2.45, 2.75) is 19.5 Å². The minimum Gasteiger partial charge on any atom is -0.297 e. The average Bonchev–Trinajstić information content (AvgIpc) is 2.52. The molecule has 1 rings (SSSR count). The molecule has 0 aliphatic heterocycles. The summed E-state index contributed by atoms with van der Waals surface area (Å²) in [6.07, 6.45) is 2.11. The summed E-state index contributed by atoms with van der Waals surface area (Å²) in [5.74, 6) is 1.12. The van der Waals surface area contributed by atoms with Crippen molar-refractivity contribution in [2.75, 3.05) is 19.1 Å². The second-order valence-corrected chi connectivity index (χ2v) is 5.48. The SMILES string of the molecule is CSCC(C)N(C)Cc1nnsc1Cl. The van der Waals surface area contributed by atoms with Gasteiger partial charge in [0.2, 0.25) is 0 Å². The van der Waals surface area contributed by atoms with Crippen molar-refractivity contribution in [3.63, 3.8) is 0 Å². The fourth-order valence-corrected chi connectivity index (χ4v) is 2.40. The lowest BCUT2D eigenvalue weighted by atomic mass is 10.3. The lowest BCUT2D eigenvalue weighted by Crippen LogP contribution is -2.30. The van der Waals surface area contributed by atoms with E-state index in [4.69, 9.17) is 11.6 Å². The number of hydrogen-bond acceptors (Lipinski definition) is 5. The van der Waals surface area contributed by atoms with E-state index in [9.17, 15) is 0 Å². The smallest absolute Gasteiger partial charge is 0.138 e. The van der Waals surface area contributed by atoms with Gasteiger partial charge in [-0.25, -0.2) is 0 Å². The molecule has 0 bridgehead atoms. The van der Waals surface area contributed by atoms with Crippen LogP contribution in [-0.4, -0.2) is 39.6 Å². The monoisotopic (exact) mass is 251 g/mol. The zero-order valence-electron chi connectivity index (χ0n) is 8.53. The lowest BCUT2D eigenvalue weighted by molar-refractivity contribution is 0.266. The maximum absolute atomic E-state index is 5.93. The van der Waals surface area contributed by atoms with Crippen LogP contribution >= 0.6 is 34.9 Å². The van der Waals surface area contributed by atoms with Crippen LogP contribution in [0.2, 0.25) is 4.34 Å². The third-order valence-corrected chi connectivity index (χ3v) is 3.87. The number of nitrogens with zero attached hydrogens (tertiary/aromatic N) is 3. The van der Waals surface area contributed by atoms with Gasteiger partial charge in [-0.3, -0.25) is 4.90 Å². The maximum Gasteiger partial charge on any atom is 0.138 e. The molecule has 0 aliphatic rings. The molecule has 1 unspecified atom stereocenters. The number of halogens is 1. The molecule has 0 saturated heterocycles. The molecule has 0 saturated carbocycles. The Balaban J connectivity index is 2.48. The molecule has 0 amide bonds. The highest BCUT2D eigenvalue weighted by molar-refractivity contribution is 7.98. The van der Waals surface area contributed by atoms with E-state index in [-0.39, 0.29) is 0 Å². The van der Waals surface area contributed by atoms with Gasteiger partial charge in [0.25, 0.3) is 0 Å². The Morgan fingerprint density at radius 1 is 1.64 bits per heavy atom. The Morgan fingerprint density at radius 2 is 2.36 bits per heavy atom. The molecule has 0 spiro atoms. The molecule has 0 radical (unpaired) electrons. The summed E-state index contributed by atoms with van der Waals surface area (Å²) < 4.78 is 4.51. The first-order chi connectivity index (χ1) is 6.65. The maximum atomic E-state index is 5.93. The van der Waals surface area contributed by atoms with Crippen LogP contribution in [0, 0.1) is 0 Å². The van der Waals surface area contributed by atoms with Gasteiger partial charge in [0, 0.05) is 29.9 Å². The first-order valence-corrected chi connectivity index (χ1v) is 6.85. The van der Waals surface area contributed by atoms with E-state index in [1.54, 1.807) is 0 Å². The average molecular weight is 252 g/mol. The van der Waals surface area contributed by atoms with E-state index in [1.165, 1.54) is 11.5 Å². The van der Waals surface area contributed by atoms with E-state index in [2.05, 4.69) is 34.7 Å². The molecular formula is C8H14ClN3S2. The van der Waals surface area contributed by atoms with Crippen molar-refractivity contribution in [3.05, 3.63) is 10.0 Å². The highest BCUT2D eigenvalue weighted by Gasteiger charge is 2.13. The Morgan fingerprint density at radius 3 is 2.86 bits per heavy atom. The van der Waals surface area contributed by atoms with Crippen LogP contribution in [-0.2, 0) is 6.54 Å². The lowest BCUT2D eigenvalue weighted by Gasteiger charge is -2.22. The summed E-state index contributed by atoms with van der Waals surface area (Å²) in [5.41, 5.74) is 0.882. The molecule has 1 atom stereocenters. The largest absolute Gasteiger partial charge is 0.297 e. The Kier molecular flexibility index (Phi) is 5.15. The highest BCUT2D eigenvalue weighted by Crippen LogP contribution is 2.19. The van der Waals surface area contributed by atoms with Gasteiger partial charge in [0.1, 0.15) is 10.0 Å². The van der Waals surface area contributed by atoms with Crippen LogP contribution in [0.15, 0.2) is 0 Å². The van der Waals surface area contributed by atoms with E-state index in [0.717, 1.165) is 18.0 Å². The Labute approximate surface area is 98.0 Å². The second-order valence-electron chi connectivity index (χ2n) is 3.21. The van der Waals surface area contributed by atoms with Crippen LogP contribution < -0.4 is 0 Å². The number of thioether (sulfide) groups is 1. The fourth-order valence-electron chi connectivity index (χ4n) is 1.05. The molecule has 0 aliphatic carbocycles. The van der Waals surface area contributed by atoms with Gasteiger partial charge in [-0.1, -0.05) is 16.1 Å². The molecule has 6 heteroatoms. The van der Waals surface area contributed by atoms with Gasteiger partial charge in [0.15, 0.2) is 0 Å². The van der Waals surface area contributed by atoms with E-state index in [0.29, 0.717) is 10.4 Å². The third kappa shape index (κ3) is 3.38. The van der Waals surface area contributed by atoms with Gasteiger partial charge >= 0.3 is 0 Å². The van der Waals surface area contributed by atoms with Crippen molar-refractivity contribution in [3.8, 4) is 0 Å². The molecule has 80 valence electrons. The van der Waals surface area contributed by atoms with Crippen molar-refractivity contribution in [1.82, 2.24) is 14.5 Å². The molecule has 3 nitrogen and oxygen atoms in total. The normalized spacial score (nSPS) is 13.5. The van der Waals surface area contributed by atoms with Crippen LogP contribution in [0.4, 0.5) is 0 Å². The van der Waals surface area contributed by atoms with Crippen molar-refractivity contribution in [2.24, 2.45) is 0 Å².